The van der Waals surface area contributed by atoms with Crippen molar-refractivity contribution < 1.29 is 13.9 Å². The molecular weight excluding hydrogens is 608 g/mol. The zero-order chi connectivity index (χ0) is 28.3. The molecule has 0 spiro atoms. The number of ether oxygens (including phenoxy) is 1. The summed E-state index contributed by atoms with van der Waals surface area (Å²) < 4.78 is 13.8. The Balaban J connectivity index is 1.28. The van der Waals surface area contributed by atoms with Crippen molar-refractivity contribution in [2.24, 2.45) is 5.10 Å². The third-order valence-corrected chi connectivity index (χ3v) is 6.94. The van der Waals surface area contributed by atoms with Gasteiger partial charge in [0.2, 0.25) is 5.82 Å². The zero-order valence-electron chi connectivity index (χ0n) is 21.3. The number of benzene rings is 4. The molecule has 0 fully saturated rings. The van der Waals surface area contributed by atoms with E-state index in [0.29, 0.717) is 39.2 Å². The largest absolute Gasteiger partial charge is 0.482 e. The lowest BCUT2D eigenvalue weighted by Gasteiger charge is -2.09. The number of nitrogens with zero attached hydrogens (tertiary/aromatic N) is 3. The molecule has 4 aromatic carbocycles. The van der Waals surface area contributed by atoms with Gasteiger partial charge in [-0.15, -0.1) is 0 Å². The fraction of sp³-hybridized carbons (Fsp3) is 0.0323. The first-order chi connectivity index (χ1) is 19.9. The molecule has 1 N–H and O–H groups in total. The summed E-state index contributed by atoms with van der Waals surface area (Å²) in [4.78, 5) is 30.4. The molecule has 41 heavy (non-hydrogen) atoms. The number of hydrogen-bond donors (Lipinski definition) is 1. The normalized spacial score (nSPS) is 11.4. The van der Waals surface area contributed by atoms with Crippen LogP contribution in [0.3, 0.4) is 0 Å². The van der Waals surface area contributed by atoms with Gasteiger partial charge in [0.15, 0.2) is 12.4 Å². The summed E-state index contributed by atoms with van der Waals surface area (Å²) in [6, 6.07) is 28.6. The molecule has 8 nitrogen and oxygen atoms in total. The first-order valence-corrected chi connectivity index (χ1v) is 13.6. The molecule has 2 aromatic heterocycles. The quantitative estimate of drug-likeness (QED) is 0.190. The van der Waals surface area contributed by atoms with Crippen LogP contribution in [-0.2, 0) is 4.79 Å². The number of aromatic nitrogens is 2. The van der Waals surface area contributed by atoms with Crippen molar-refractivity contribution in [1.29, 1.82) is 0 Å². The molecule has 202 valence electrons. The van der Waals surface area contributed by atoms with Crippen molar-refractivity contribution in [2.75, 3.05) is 11.9 Å². The van der Waals surface area contributed by atoms with Crippen molar-refractivity contribution in [3.63, 3.8) is 0 Å². The molecule has 6 rings (SSSR count). The number of furan rings is 1. The number of carbonyl (C=O) groups is 1. The van der Waals surface area contributed by atoms with E-state index in [1.807, 2.05) is 48.5 Å². The zero-order valence-corrected chi connectivity index (χ0v) is 23.6. The lowest BCUT2D eigenvalue weighted by molar-refractivity contribution is -0.118. The molecule has 6 aromatic rings. The Morgan fingerprint density at radius 3 is 2.66 bits per heavy atom. The summed E-state index contributed by atoms with van der Waals surface area (Å²) in [5.74, 6) is 0.679. The fourth-order valence-corrected chi connectivity index (χ4v) is 4.84. The van der Waals surface area contributed by atoms with Gasteiger partial charge >= 0.3 is 0 Å². The van der Waals surface area contributed by atoms with Crippen LogP contribution in [0.5, 0.6) is 5.75 Å². The van der Waals surface area contributed by atoms with Crippen molar-refractivity contribution in [3.8, 4) is 17.3 Å². The summed E-state index contributed by atoms with van der Waals surface area (Å²) >= 11 is 9.90. The number of carbonyl (C=O) groups excluding carboxylic acids is 1. The van der Waals surface area contributed by atoms with Crippen molar-refractivity contribution in [1.82, 2.24) is 9.66 Å². The van der Waals surface area contributed by atoms with E-state index in [9.17, 15) is 9.59 Å². The second-order valence-electron chi connectivity index (χ2n) is 9.00. The summed E-state index contributed by atoms with van der Waals surface area (Å²) in [6.07, 6.45) is 1.50. The van der Waals surface area contributed by atoms with Crippen LogP contribution in [0.2, 0.25) is 5.02 Å². The maximum Gasteiger partial charge on any atom is 0.282 e. The Morgan fingerprint density at radius 1 is 1.02 bits per heavy atom. The molecule has 0 unspecified atom stereocenters. The molecule has 0 bridgehead atoms. The topological polar surface area (TPSA) is 98.7 Å². The molecule has 1 amide bonds. The summed E-state index contributed by atoms with van der Waals surface area (Å²) in [5.41, 5.74) is 2.11. The summed E-state index contributed by atoms with van der Waals surface area (Å²) in [7, 11) is 0. The van der Waals surface area contributed by atoms with E-state index >= 15 is 0 Å². The third kappa shape index (κ3) is 5.77. The Morgan fingerprint density at radius 2 is 1.83 bits per heavy atom. The van der Waals surface area contributed by atoms with E-state index in [4.69, 9.17) is 25.7 Å². The van der Waals surface area contributed by atoms with Gasteiger partial charge in [-0.1, -0.05) is 57.9 Å². The number of anilines is 1. The van der Waals surface area contributed by atoms with Gasteiger partial charge in [0, 0.05) is 15.5 Å². The van der Waals surface area contributed by atoms with Crippen molar-refractivity contribution in [3.05, 3.63) is 122 Å². The van der Waals surface area contributed by atoms with E-state index < -0.39 is 0 Å². The smallest absolute Gasteiger partial charge is 0.282 e. The highest BCUT2D eigenvalue weighted by atomic mass is 79.9. The number of para-hydroxylation sites is 2. The van der Waals surface area contributed by atoms with E-state index in [1.165, 1.54) is 10.9 Å². The lowest BCUT2D eigenvalue weighted by atomic mass is 10.2. The number of hydrogen-bond acceptors (Lipinski definition) is 6. The maximum absolute atomic E-state index is 13.5. The minimum absolute atomic E-state index is 0.211. The average molecular weight is 628 g/mol. The van der Waals surface area contributed by atoms with E-state index in [0.717, 1.165) is 9.86 Å². The number of fused-ring (bicyclic) bond motifs is 2. The van der Waals surface area contributed by atoms with Crippen LogP contribution in [0.25, 0.3) is 33.5 Å². The van der Waals surface area contributed by atoms with Crippen molar-refractivity contribution >= 4 is 67.2 Å². The third-order valence-electron chi connectivity index (χ3n) is 6.15. The summed E-state index contributed by atoms with van der Waals surface area (Å²) in [5, 5.41) is 8.78. The van der Waals surface area contributed by atoms with Crippen LogP contribution in [0, 0.1) is 0 Å². The standard InChI is InChI=1S/C31H20BrClN4O4/c32-21-11-13-26-20(15-21)16-28(41-26)30-36-25-9-5-4-8-23(25)31(39)37(30)34-17-19-10-12-27(24(33)14-19)40-18-29(38)35-22-6-2-1-3-7-22/h1-17H,18H2,(H,35,38). The maximum atomic E-state index is 13.5. The van der Waals surface area contributed by atoms with Crippen LogP contribution in [0.15, 0.2) is 116 Å². The predicted octanol–water partition coefficient (Wildman–Crippen LogP) is 7.13. The fourth-order valence-electron chi connectivity index (χ4n) is 4.22. The molecule has 0 atom stereocenters. The van der Waals surface area contributed by atoms with Gasteiger partial charge in [-0.3, -0.25) is 9.59 Å². The predicted molar refractivity (Wildman–Crippen MR) is 164 cm³/mol. The molecule has 0 aliphatic carbocycles. The molecule has 0 aliphatic heterocycles. The van der Waals surface area contributed by atoms with Crippen LogP contribution < -0.4 is 15.6 Å². The number of halogens is 2. The van der Waals surface area contributed by atoms with Gasteiger partial charge in [0.25, 0.3) is 11.5 Å². The monoisotopic (exact) mass is 626 g/mol. The highest BCUT2D eigenvalue weighted by molar-refractivity contribution is 9.10. The van der Waals surface area contributed by atoms with Gasteiger partial charge in [-0.05, 0) is 72.3 Å². The Labute approximate surface area is 247 Å². The summed E-state index contributed by atoms with van der Waals surface area (Å²) in [6.45, 7) is -0.211. The Bertz CT molecular complexity index is 2000. The van der Waals surface area contributed by atoms with Crippen LogP contribution >= 0.6 is 27.5 Å². The van der Waals surface area contributed by atoms with Gasteiger partial charge in [0.05, 0.1) is 22.1 Å². The first kappa shape index (κ1) is 26.5. The second kappa shape index (κ2) is 11.4. The minimum atomic E-state index is -0.348. The molecule has 2 heterocycles. The Hall–Kier alpha value is -4.73. The molecule has 0 saturated carbocycles. The molecule has 0 saturated heterocycles. The first-order valence-electron chi connectivity index (χ1n) is 12.5. The highest BCUT2D eigenvalue weighted by Crippen LogP contribution is 2.29. The van der Waals surface area contributed by atoms with Crippen molar-refractivity contribution in [2.45, 2.75) is 0 Å². The molecule has 0 radical (unpaired) electrons. The Kier molecular flexibility index (Phi) is 7.37. The van der Waals surface area contributed by atoms with Crippen LogP contribution in [0.4, 0.5) is 5.69 Å². The number of amides is 1. The van der Waals surface area contributed by atoms with Crippen LogP contribution in [0.1, 0.15) is 5.56 Å². The second-order valence-corrected chi connectivity index (χ2v) is 10.3. The van der Waals surface area contributed by atoms with Gasteiger partial charge in [-0.2, -0.15) is 9.78 Å². The minimum Gasteiger partial charge on any atom is -0.482 e. The lowest BCUT2D eigenvalue weighted by Crippen LogP contribution is -2.20. The molecule has 0 aliphatic rings. The number of rotatable bonds is 7. The highest BCUT2D eigenvalue weighted by Gasteiger charge is 2.17. The van der Waals surface area contributed by atoms with Gasteiger partial charge in [0.1, 0.15) is 11.3 Å². The molecular formula is C31H20BrClN4O4. The van der Waals surface area contributed by atoms with E-state index in [2.05, 4.69) is 26.3 Å². The van der Waals surface area contributed by atoms with Gasteiger partial charge in [-0.25, -0.2) is 4.98 Å². The number of nitrogens with one attached hydrogen (secondary N) is 1. The van der Waals surface area contributed by atoms with Gasteiger partial charge < -0.3 is 14.5 Å². The average Bonchev–Trinajstić information content (AvgIpc) is 3.40. The van der Waals surface area contributed by atoms with Crippen LogP contribution in [-0.4, -0.2) is 28.4 Å². The van der Waals surface area contributed by atoms with E-state index in [1.54, 1.807) is 48.5 Å². The SMILES string of the molecule is O=C(COc1ccc(C=Nn2c(-c3cc4cc(Br)ccc4o3)nc3ccccc3c2=O)cc1Cl)Nc1ccccc1. The van der Waals surface area contributed by atoms with E-state index in [-0.39, 0.29) is 28.9 Å². The molecule has 10 heteroatoms.